The van der Waals surface area contributed by atoms with E-state index in [1.54, 1.807) is 13.1 Å². The van der Waals surface area contributed by atoms with E-state index in [2.05, 4.69) is 15.3 Å². The second-order valence-electron chi connectivity index (χ2n) is 6.37. The van der Waals surface area contributed by atoms with Gasteiger partial charge in [0.2, 0.25) is 0 Å². The molecule has 1 aliphatic heterocycles. The van der Waals surface area contributed by atoms with E-state index in [4.69, 9.17) is 4.74 Å². The van der Waals surface area contributed by atoms with Crippen LogP contribution in [0.1, 0.15) is 35.8 Å². The van der Waals surface area contributed by atoms with E-state index in [1.807, 2.05) is 41.2 Å². The molecule has 1 amide bonds. The van der Waals surface area contributed by atoms with Gasteiger partial charge >= 0.3 is 0 Å². The van der Waals surface area contributed by atoms with E-state index in [9.17, 15) is 4.79 Å². The molecule has 0 saturated carbocycles. The van der Waals surface area contributed by atoms with Crippen LogP contribution in [-0.2, 0) is 0 Å². The Morgan fingerprint density at radius 2 is 2.16 bits per heavy atom. The van der Waals surface area contributed by atoms with Gasteiger partial charge in [-0.1, -0.05) is 18.2 Å². The molecule has 2 aromatic rings. The number of aromatic nitrogens is 2. The molecule has 0 aliphatic carbocycles. The van der Waals surface area contributed by atoms with Gasteiger partial charge in [0.15, 0.2) is 0 Å². The Balaban J connectivity index is 1.45. The number of carbonyl (C=O) groups excluding carboxylic acids is 1. The maximum Gasteiger partial charge on any atom is 0.271 e. The highest BCUT2D eigenvalue weighted by molar-refractivity contribution is 5.91. The van der Waals surface area contributed by atoms with Gasteiger partial charge in [-0.15, -0.1) is 0 Å². The van der Waals surface area contributed by atoms with Gasteiger partial charge in [-0.2, -0.15) is 5.10 Å². The number of benzene rings is 1. The number of piperidine rings is 1. The van der Waals surface area contributed by atoms with Crippen LogP contribution >= 0.6 is 0 Å². The first-order valence-corrected chi connectivity index (χ1v) is 8.93. The molecule has 0 unspecified atom stereocenters. The number of para-hydroxylation sites is 1. The fourth-order valence-corrected chi connectivity index (χ4v) is 3.24. The van der Waals surface area contributed by atoms with Gasteiger partial charge in [0.05, 0.1) is 12.6 Å². The molecule has 0 bridgehead atoms. The van der Waals surface area contributed by atoms with Crippen LogP contribution in [0.4, 0.5) is 0 Å². The first-order valence-electron chi connectivity index (χ1n) is 8.93. The molecule has 134 valence electrons. The number of likely N-dealkylation sites (tertiary alicyclic amines) is 1. The van der Waals surface area contributed by atoms with Crippen LogP contribution in [0.25, 0.3) is 0 Å². The van der Waals surface area contributed by atoms with E-state index >= 15 is 0 Å². The summed E-state index contributed by atoms with van der Waals surface area (Å²) in [4.78, 5) is 14.1. The molecule has 2 heterocycles. The summed E-state index contributed by atoms with van der Waals surface area (Å²) in [5.41, 5.74) is 0.482. The highest BCUT2D eigenvalue weighted by atomic mass is 16.5. The number of nitrogens with one attached hydrogen (secondary N) is 1. The van der Waals surface area contributed by atoms with E-state index in [0.717, 1.165) is 51.3 Å². The third kappa shape index (κ3) is 4.82. The standard InChI is InChI=1S/C19H26N4O2/c1-20-19(24)18-10-13-23(21-18)16-7-5-11-22(15-16)12-6-14-25-17-8-3-2-4-9-17/h2-4,8-10,13,16H,5-7,11-12,14-15H2,1H3,(H,20,24)/t16-/m1/s1. The fraction of sp³-hybridized carbons (Fsp3) is 0.474. The SMILES string of the molecule is CNC(=O)c1ccn([C@@H]2CCCN(CCCOc3ccccc3)C2)n1. The minimum atomic E-state index is -0.135. The normalized spacial score (nSPS) is 18.0. The lowest BCUT2D eigenvalue weighted by molar-refractivity contribution is 0.0955. The Bertz CT molecular complexity index is 671. The van der Waals surface area contributed by atoms with E-state index in [1.165, 1.54) is 0 Å². The highest BCUT2D eigenvalue weighted by Crippen LogP contribution is 2.21. The Morgan fingerprint density at radius 1 is 1.32 bits per heavy atom. The van der Waals surface area contributed by atoms with Crippen molar-refractivity contribution in [3.05, 3.63) is 48.3 Å². The second kappa shape index (κ2) is 8.67. The van der Waals surface area contributed by atoms with E-state index in [-0.39, 0.29) is 5.91 Å². The third-order valence-electron chi connectivity index (χ3n) is 4.55. The average molecular weight is 342 g/mol. The summed E-state index contributed by atoms with van der Waals surface area (Å²) < 4.78 is 7.70. The first-order chi connectivity index (χ1) is 12.3. The van der Waals surface area contributed by atoms with Crippen LogP contribution in [0.2, 0.25) is 0 Å². The maximum absolute atomic E-state index is 11.7. The Labute approximate surface area is 148 Å². The Morgan fingerprint density at radius 3 is 2.96 bits per heavy atom. The molecule has 0 spiro atoms. The van der Waals surface area contributed by atoms with Crippen molar-refractivity contribution in [2.75, 3.05) is 33.3 Å². The predicted octanol–water partition coefficient (Wildman–Crippen LogP) is 2.35. The summed E-state index contributed by atoms with van der Waals surface area (Å²) in [5.74, 6) is 0.793. The monoisotopic (exact) mass is 342 g/mol. The molecule has 3 rings (SSSR count). The largest absolute Gasteiger partial charge is 0.494 e. The van der Waals surface area contributed by atoms with E-state index < -0.39 is 0 Å². The lowest BCUT2D eigenvalue weighted by atomic mass is 10.1. The molecule has 6 heteroatoms. The zero-order valence-corrected chi connectivity index (χ0v) is 14.7. The lowest BCUT2D eigenvalue weighted by Gasteiger charge is -2.32. The molecule has 1 aromatic carbocycles. The molecule has 1 fully saturated rings. The molecule has 1 N–H and O–H groups in total. The van der Waals surface area contributed by atoms with Crippen molar-refractivity contribution in [2.45, 2.75) is 25.3 Å². The van der Waals surface area contributed by atoms with Crippen molar-refractivity contribution in [3.8, 4) is 5.75 Å². The Kier molecular flexibility index (Phi) is 6.06. The predicted molar refractivity (Wildman–Crippen MR) is 96.9 cm³/mol. The summed E-state index contributed by atoms with van der Waals surface area (Å²) in [6, 6.07) is 12.1. The van der Waals surface area contributed by atoms with Gasteiger partial charge in [-0.3, -0.25) is 9.48 Å². The quantitative estimate of drug-likeness (QED) is 0.785. The number of hydrogen-bond donors (Lipinski definition) is 1. The third-order valence-corrected chi connectivity index (χ3v) is 4.55. The molecule has 1 aliphatic rings. The van der Waals surface area contributed by atoms with Crippen LogP contribution in [0.3, 0.4) is 0 Å². The summed E-state index contributed by atoms with van der Waals surface area (Å²) in [7, 11) is 1.63. The van der Waals surface area contributed by atoms with Gasteiger partial charge in [0.1, 0.15) is 11.4 Å². The van der Waals surface area contributed by atoms with Crippen LogP contribution in [0, 0.1) is 0 Å². The summed E-state index contributed by atoms with van der Waals surface area (Å²) in [6.45, 7) is 3.84. The number of hydrogen-bond acceptors (Lipinski definition) is 4. The molecule has 6 nitrogen and oxygen atoms in total. The summed E-state index contributed by atoms with van der Waals surface area (Å²) in [5, 5.41) is 7.04. The van der Waals surface area contributed by atoms with Crippen LogP contribution in [0.5, 0.6) is 5.75 Å². The zero-order chi connectivity index (χ0) is 17.5. The maximum atomic E-state index is 11.7. The number of carbonyl (C=O) groups is 1. The van der Waals surface area contributed by atoms with Gasteiger partial charge in [-0.05, 0) is 44.0 Å². The molecule has 1 atom stereocenters. The van der Waals surface area contributed by atoms with Crippen molar-refractivity contribution >= 4 is 5.91 Å². The summed E-state index contributed by atoms with van der Waals surface area (Å²) >= 11 is 0. The van der Waals surface area contributed by atoms with Crippen molar-refractivity contribution < 1.29 is 9.53 Å². The van der Waals surface area contributed by atoms with E-state index in [0.29, 0.717) is 11.7 Å². The first kappa shape index (κ1) is 17.5. The number of rotatable bonds is 7. The highest BCUT2D eigenvalue weighted by Gasteiger charge is 2.22. The van der Waals surface area contributed by atoms with Gasteiger partial charge in [0.25, 0.3) is 5.91 Å². The number of ether oxygens (including phenoxy) is 1. The van der Waals surface area contributed by atoms with Crippen molar-refractivity contribution in [2.24, 2.45) is 0 Å². The molecule has 1 saturated heterocycles. The second-order valence-corrected chi connectivity index (χ2v) is 6.37. The van der Waals surface area contributed by atoms with Gasteiger partial charge < -0.3 is 15.0 Å². The van der Waals surface area contributed by atoms with Gasteiger partial charge in [-0.25, -0.2) is 0 Å². The van der Waals surface area contributed by atoms with Crippen LogP contribution in [-0.4, -0.2) is 53.9 Å². The van der Waals surface area contributed by atoms with Crippen LogP contribution < -0.4 is 10.1 Å². The van der Waals surface area contributed by atoms with Crippen molar-refractivity contribution in [1.29, 1.82) is 0 Å². The van der Waals surface area contributed by atoms with Crippen LogP contribution in [0.15, 0.2) is 42.6 Å². The fourth-order valence-electron chi connectivity index (χ4n) is 3.24. The average Bonchev–Trinajstić information content (AvgIpc) is 3.16. The van der Waals surface area contributed by atoms with Crippen molar-refractivity contribution in [3.63, 3.8) is 0 Å². The zero-order valence-electron chi connectivity index (χ0n) is 14.7. The molecule has 1 aromatic heterocycles. The number of amides is 1. The number of nitrogens with zero attached hydrogens (tertiary/aromatic N) is 3. The lowest BCUT2D eigenvalue weighted by Crippen LogP contribution is -2.37. The minimum absolute atomic E-state index is 0.135. The molecule has 25 heavy (non-hydrogen) atoms. The van der Waals surface area contributed by atoms with Gasteiger partial charge in [0, 0.05) is 26.3 Å². The molecular weight excluding hydrogens is 316 g/mol. The smallest absolute Gasteiger partial charge is 0.271 e. The molecular formula is C19H26N4O2. The van der Waals surface area contributed by atoms with Crippen molar-refractivity contribution in [1.82, 2.24) is 20.0 Å². The summed E-state index contributed by atoms with van der Waals surface area (Å²) in [6.07, 6.45) is 5.17. The molecule has 0 radical (unpaired) electrons. The minimum Gasteiger partial charge on any atom is -0.494 e. The Hall–Kier alpha value is -2.34. The topological polar surface area (TPSA) is 59.4 Å².